The van der Waals surface area contributed by atoms with E-state index in [2.05, 4.69) is 0 Å². The van der Waals surface area contributed by atoms with Gasteiger partial charge in [-0.15, -0.1) is 0 Å². The van der Waals surface area contributed by atoms with E-state index in [0.717, 1.165) is 32.3 Å². The van der Waals surface area contributed by atoms with E-state index in [9.17, 15) is 4.79 Å². The Labute approximate surface area is 116 Å². The highest BCUT2D eigenvalue weighted by Gasteiger charge is 2.22. The fraction of sp³-hybridized carbons (Fsp3) is 0.933. The van der Waals surface area contributed by atoms with Crippen molar-refractivity contribution in [2.75, 3.05) is 26.9 Å². The third-order valence-corrected chi connectivity index (χ3v) is 4.32. The average Bonchev–Trinajstić information content (AvgIpc) is 2.78. The highest BCUT2D eigenvalue weighted by Crippen LogP contribution is 2.21. The lowest BCUT2D eigenvalue weighted by molar-refractivity contribution is -0.138. The number of hydrogen-bond acceptors (Lipinski definition) is 3. The van der Waals surface area contributed by atoms with E-state index >= 15 is 0 Å². The van der Waals surface area contributed by atoms with Crippen molar-refractivity contribution >= 4 is 5.91 Å². The van der Waals surface area contributed by atoms with Crippen LogP contribution in [0.15, 0.2) is 0 Å². The normalized spacial score (nSPS) is 25.2. The van der Waals surface area contributed by atoms with E-state index in [0.29, 0.717) is 12.6 Å². The Bertz CT molecular complexity index is 269. The third kappa shape index (κ3) is 4.77. The van der Waals surface area contributed by atoms with Gasteiger partial charge in [-0.1, -0.05) is 25.7 Å². The maximum Gasteiger partial charge on any atom is 0.248 e. The van der Waals surface area contributed by atoms with Crippen molar-refractivity contribution in [2.24, 2.45) is 0 Å². The first kappa shape index (κ1) is 14.8. The first-order valence-corrected chi connectivity index (χ1v) is 7.72. The Morgan fingerprint density at radius 2 is 1.89 bits per heavy atom. The molecule has 2 fully saturated rings. The van der Waals surface area contributed by atoms with Gasteiger partial charge in [0, 0.05) is 19.7 Å². The van der Waals surface area contributed by atoms with Gasteiger partial charge in [0.25, 0.3) is 0 Å². The summed E-state index contributed by atoms with van der Waals surface area (Å²) in [5.41, 5.74) is 0. The largest absolute Gasteiger partial charge is 0.376 e. The maximum atomic E-state index is 12.1. The molecule has 0 aromatic heterocycles. The maximum absolute atomic E-state index is 12.1. The van der Waals surface area contributed by atoms with E-state index in [-0.39, 0.29) is 18.6 Å². The molecule has 2 rings (SSSR count). The predicted octanol–water partition coefficient (Wildman–Crippen LogP) is 2.36. The summed E-state index contributed by atoms with van der Waals surface area (Å²) in [4.78, 5) is 14.0. The number of hydrogen-bond donors (Lipinski definition) is 0. The van der Waals surface area contributed by atoms with Crippen molar-refractivity contribution in [1.29, 1.82) is 0 Å². The van der Waals surface area contributed by atoms with Gasteiger partial charge >= 0.3 is 0 Å². The van der Waals surface area contributed by atoms with E-state index < -0.39 is 0 Å². The number of rotatable bonds is 5. The molecule has 1 amide bonds. The third-order valence-electron chi connectivity index (χ3n) is 4.32. The first-order valence-electron chi connectivity index (χ1n) is 7.72. The van der Waals surface area contributed by atoms with Crippen LogP contribution < -0.4 is 0 Å². The van der Waals surface area contributed by atoms with Gasteiger partial charge in [0.2, 0.25) is 5.91 Å². The lowest BCUT2D eigenvalue weighted by Crippen LogP contribution is -2.39. The highest BCUT2D eigenvalue weighted by atomic mass is 16.5. The van der Waals surface area contributed by atoms with E-state index in [4.69, 9.17) is 9.47 Å². The molecule has 1 aliphatic heterocycles. The molecule has 1 heterocycles. The van der Waals surface area contributed by atoms with Crippen LogP contribution in [0.1, 0.15) is 51.4 Å². The lowest BCUT2D eigenvalue weighted by Gasteiger charge is -2.27. The number of ether oxygens (including phenoxy) is 2. The minimum atomic E-state index is 0.116. The molecule has 1 saturated carbocycles. The van der Waals surface area contributed by atoms with Crippen LogP contribution in [0.2, 0.25) is 0 Å². The Morgan fingerprint density at radius 1 is 1.16 bits per heavy atom. The molecule has 4 heteroatoms. The zero-order valence-electron chi connectivity index (χ0n) is 12.1. The van der Waals surface area contributed by atoms with Gasteiger partial charge < -0.3 is 14.4 Å². The van der Waals surface area contributed by atoms with Gasteiger partial charge in [0.05, 0.1) is 12.7 Å². The van der Waals surface area contributed by atoms with Crippen molar-refractivity contribution in [3.63, 3.8) is 0 Å². The molecule has 0 spiro atoms. The molecule has 1 aliphatic carbocycles. The van der Waals surface area contributed by atoms with Crippen LogP contribution in [0.3, 0.4) is 0 Å². The van der Waals surface area contributed by atoms with Crippen LogP contribution in [0.25, 0.3) is 0 Å². The van der Waals surface area contributed by atoms with Crippen molar-refractivity contribution < 1.29 is 14.3 Å². The summed E-state index contributed by atoms with van der Waals surface area (Å²) < 4.78 is 11.0. The summed E-state index contributed by atoms with van der Waals surface area (Å²) in [6.07, 6.45) is 9.80. The van der Waals surface area contributed by atoms with Crippen LogP contribution in [0.4, 0.5) is 0 Å². The first-order chi connectivity index (χ1) is 9.27. The predicted molar refractivity (Wildman–Crippen MR) is 74.1 cm³/mol. The summed E-state index contributed by atoms with van der Waals surface area (Å²) in [6, 6.07) is 0.418. The molecular formula is C15H27NO3. The number of amides is 1. The van der Waals surface area contributed by atoms with Crippen molar-refractivity contribution in [1.82, 2.24) is 4.90 Å². The molecule has 0 radical (unpaired) electrons. The monoisotopic (exact) mass is 269 g/mol. The fourth-order valence-electron chi connectivity index (χ4n) is 3.00. The Hall–Kier alpha value is -0.610. The highest BCUT2D eigenvalue weighted by molar-refractivity contribution is 5.77. The number of carbonyl (C=O) groups excluding carboxylic acids is 1. The molecule has 110 valence electrons. The van der Waals surface area contributed by atoms with Gasteiger partial charge in [-0.2, -0.15) is 0 Å². The van der Waals surface area contributed by atoms with Gasteiger partial charge in [0.1, 0.15) is 6.61 Å². The van der Waals surface area contributed by atoms with Crippen molar-refractivity contribution in [3.8, 4) is 0 Å². The average molecular weight is 269 g/mol. The quantitative estimate of drug-likeness (QED) is 0.719. The molecule has 0 unspecified atom stereocenters. The zero-order valence-corrected chi connectivity index (χ0v) is 12.1. The molecule has 1 atom stereocenters. The topological polar surface area (TPSA) is 38.8 Å². The summed E-state index contributed by atoms with van der Waals surface area (Å²) in [5, 5.41) is 0. The van der Waals surface area contributed by atoms with Crippen molar-refractivity contribution in [3.05, 3.63) is 0 Å². The van der Waals surface area contributed by atoms with Crippen LogP contribution in [-0.2, 0) is 14.3 Å². The van der Waals surface area contributed by atoms with Gasteiger partial charge in [-0.25, -0.2) is 0 Å². The lowest BCUT2D eigenvalue weighted by atomic mass is 10.1. The zero-order chi connectivity index (χ0) is 13.5. The molecule has 2 aliphatic rings. The second kappa shape index (κ2) is 7.85. The summed E-state index contributed by atoms with van der Waals surface area (Å²) >= 11 is 0. The second-order valence-corrected chi connectivity index (χ2v) is 5.80. The molecule has 0 N–H and O–H groups in total. The second-order valence-electron chi connectivity index (χ2n) is 5.80. The molecule has 0 aromatic carbocycles. The SMILES string of the molecule is CN(C(=O)COC[C@H]1CCCO1)C1CCCCCC1. The summed E-state index contributed by atoms with van der Waals surface area (Å²) in [6.45, 7) is 1.60. The van der Waals surface area contributed by atoms with Crippen LogP contribution in [-0.4, -0.2) is 49.8 Å². The molecule has 19 heavy (non-hydrogen) atoms. The Kier molecular flexibility index (Phi) is 6.11. The molecule has 0 bridgehead atoms. The van der Waals surface area contributed by atoms with Gasteiger partial charge in [-0.3, -0.25) is 4.79 Å². The van der Waals surface area contributed by atoms with E-state index in [1.54, 1.807) is 0 Å². The molecule has 0 aromatic rings. The van der Waals surface area contributed by atoms with Gasteiger partial charge in [-0.05, 0) is 25.7 Å². The number of carbonyl (C=O) groups is 1. The van der Waals surface area contributed by atoms with E-state index in [1.165, 1.54) is 25.7 Å². The summed E-state index contributed by atoms with van der Waals surface area (Å²) in [7, 11) is 1.92. The van der Waals surface area contributed by atoms with Crippen molar-refractivity contribution in [2.45, 2.75) is 63.5 Å². The molecule has 1 saturated heterocycles. The van der Waals surface area contributed by atoms with Gasteiger partial charge in [0.15, 0.2) is 0 Å². The fourth-order valence-corrected chi connectivity index (χ4v) is 3.00. The number of nitrogens with zero attached hydrogens (tertiary/aromatic N) is 1. The summed E-state index contributed by atoms with van der Waals surface area (Å²) in [5.74, 6) is 0.116. The molecule has 4 nitrogen and oxygen atoms in total. The number of likely N-dealkylation sites (N-methyl/N-ethyl adjacent to an activating group) is 1. The van der Waals surface area contributed by atoms with Crippen LogP contribution >= 0.6 is 0 Å². The Morgan fingerprint density at radius 3 is 2.53 bits per heavy atom. The smallest absolute Gasteiger partial charge is 0.248 e. The minimum absolute atomic E-state index is 0.116. The molecular weight excluding hydrogens is 242 g/mol. The van der Waals surface area contributed by atoms with E-state index in [1.807, 2.05) is 11.9 Å². The minimum Gasteiger partial charge on any atom is -0.376 e. The van der Waals surface area contributed by atoms with Crippen LogP contribution in [0, 0.1) is 0 Å². The van der Waals surface area contributed by atoms with Crippen LogP contribution in [0.5, 0.6) is 0 Å². The Balaban J connectivity index is 1.65. The standard InChI is InChI=1S/C15H27NO3/c1-16(13-7-4-2-3-5-8-13)15(17)12-18-11-14-9-6-10-19-14/h13-14H,2-12H2,1H3/t14-/m1/s1.